The number of fused-ring (bicyclic) bond motifs is 2. The molecule has 148 valence electrons. The molecule has 0 bridgehead atoms. The summed E-state index contributed by atoms with van der Waals surface area (Å²) >= 11 is 0. The zero-order valence-electron chi connectivity index (χ0n) is 16.4. The van der Waals surface area contributed by atoms with Gasteiger partial charge in [-0.3, -0.25) is 14.9 Å². The van der Waals surface area contributed by atoms with Crippen LogP contribution >= 0.6 is 0 Å². The Bertz CT molecular complexity index is 1220. The topological polar surface area (TPSA) is 78.1 Å². The van der Waals surface area contributed by atoms with Crippen LogP contribution in [0.3, 0.4) is 0 Å². The van der Waals surface area contributed by atoms with Crippen molar-refractivity contribution >= 4 is 28.8 Å². The third-order valence-corrected chi connectivity index (χ3v) is 5.63. The molecular formula is C24H20N4O2. The van der Waals surface area contributed by atoms with Crippen molar-refractivity contribution in [3.63, 3.8) is 0 Å². The minimum absolute atomic E-state index is 0.0905. The van der Waals surface area contributed by atoms with Crippen molar-refractivity contribution in [2.45, 2.75) is 12.0 Å². The van der Waals surface area contributed by atoms with E-state index in [4.69, 9.17) is 0 Å². The van der Waals surface area contributed by atoms with Gasteiger partial charge in [0.05, 0.1) is 23.0 Å². The predicted octanol–water partition coefficient (Wildman–Crippen LogP) is 4.11. The molecule has 0 saturated carbocycles. The number of likely N-dealkylation sites (N-methyl/N-ethyl adjacent to an activating group) is 1. The number of H-pyrrole nitrogens is 1. The van der Waals surface area contributed by atoms with Gasteiger partial charge >= 0.3 is 0 Å². The Kier molecular flexibility index (Phi) is 4.32. The summed E-state index contributed by atoms with van der Waals surface area (Å²) in [7, 11) is 1.75. The second-order valence-corrected chi connectivity index (χ2v) is 7.43. The number of para-hydroxylation sites is 2. The van der Waals surface area contributed by atoms with E-state index >= 15 is 0 Å². The molecule has 30 heavy (non-hydrogen) atoms. The number of imidazole rings is 1. The summed E-state index contributed by atoms with van der Waals surface area (Å²) in [5.41, 5.74) is 3.82. The fraction of sp³-hybridized carbons (Fsp3) is 0.125. The smallest absolute Gasteiger partial charge is 0.254 e. The molecule has 0 fully saturated rings. The monoisotopic (exact) mass is 396 g/mol. The number of carbonyl (C=O) groups excluding carboxylic acids is 2. The van der Waals surface area contributed by atoms with Crippen LogP contribution in [0.1, 0.15) is 33.4 Å². The summed E-state index contributed by atoms with van der Waals surface area (Å²) in [4.78, 5) is 35.8. The van der Waals surface area contributed by atoms with E-state index in [0.29, 0.717) is 11.5 Å². The summed E-state index contributed by atoms with van der Waals surface area (Å²) in [5.74, 6) is -0.480. The van der Waals surface area contributed by atoms with Crippen LogP contribution in [0.15, 0.2) is 78.9 Å². The van der Waals surface area contributed by atoms with E-state index < -0.39 is 12.0 Å². The molecule has 4 aromatic rings. The van der Waals surface area contributed by atoms with Gasteiger partial charge in [-0.1, -0.05) is 60.7 Å². The van der Waals surface area contributed by atoms with Gasteiger partial charge in [0.2, 0.25) is 11.9 Å². The lowest BCUT2D eigenvalue weighted by Gasteiger charge is -2.39. The molecule has 6 heteroatoms. The minimum atomic E-state index is -0.570. The van der Waals surface area contributed by atoms with Gasteiger partial charge in [-0.25, -0.2) is 4.98 Å². The average Bonchev–Trinajstić information content (AvgIpc) is 3.18. The summed E-state index contributed by atoms with van der Waals surface area (Å²) in [5, 5.41) is 2.93. The van der Waals surface area contributed by atoms with E-state index in [-0.39, 0.29) is 11.8 Å². The number of aromatic amines is 1. The molecule has 5 rings (SSSR count). The number of nitrogens with one attached hydrogen (secondary N) is 2. The first-order chi connectivity index (χ1) is 14.6. The van der Waals surface area contributed by atoms with Crippen LogP contribution in [-0.2, 0) is 4.79 Å². The maximum absolute atomic E-state index is 13.5. The first-order valence-corrected chi connectivity index (χ1v) is 9.80. The Hall–Kier alpha value is -3.93. The van der Waals surface area contributed by atoms with Gasteiger partial charge in [0.25, 0.3) is 5.91 Å². The Balaban J connectivity index is 1.59. The maximum atomic E-state index is 13.5. The van der Waals surface area contributed by atoms with Crippen LogP contribution in [0.2, 0.25) is 0 Å². The molecule has 1 aliphatic rings. The molecule has 1 aromatic heterocycles. The van der Waals surface area contributed by atoms with Crippen molar-refractivity contribution in [1.29, 1.82) is 0 Å². The lowest BCUT2D eigenvalue weighted by Crippen LogP contribution is -2.44. The third kappa shape index (κ3) is 2.93. The highest BCUT2D eigenvalue weighted by molar-refractivity contribution is 6.04. The molecule has 0 aliphatic carbocycles. The second-order valence-electron chi connectivity index (χ2n) is 7.43. The maximum Gasteiger partial charge on any atom is 0.254 e. The number of amides is 2. The third-order valence-electron chi connectivity index (χ3n) is 5.63. The first kappa shape index (κ1) is 18.1. The minimum Gasteiger partial charge on any atom is -0.334 e. The van der Waals surface area contributed by atoms with Gasteiger partial charge in [0.15, 0.2) is 0 Å². The van der Waals surface area contributed by atoms with Crippen LogP contribution in [-0.4, -0.2) is 33.7 Å². The van der Waals surface area contributed by atoms with Crippen molar-refractivity contribution < 1.29 is 9.59 Å². The predicted molar refractivity (Wildman–Crippen MR) is 115 cm³/mol. The van der Waals surface area contributed by atoms with E-state index in [9.17, 15) is 9.59 Å². The van der Waals surface area contributed by atoms with Gasteiger partial charge in [-0.15, -0.1) is 0 Å². The van der Waals surface area contributed by atoms with Crippen LogP contribution in [0.25, 0.3) is 11.0 Å². The van der Waals surface area contributed by atoms with E-state index in [0.717, 1.165) is 22.2 Å². The molecule has 2 N–H and O–H groups in total. The van der Waals surface area contributed by atoms with Crippen LogP contribution in [0, 0.1) is 0 Å². The van der Waals surface area contributed by atoms with Crippen LogP contribution < -0.4 is 5.32 Å². The number of anilines is 1. The van der Waals surface area contributed by atoms with Gasteiger partial charge in [0.1, 0.15) is 0 Å². The number of rotatable bonds is 3. The standard InChI is InChI=1S/C24H20N4O2/c1-28-21(15-9-3-2-4-10-15)20(16-11-5-6-12-17(16)23(28)30)22(29)27-24-25-18-13-7-8-14-19(18)26-24/h2-14,20-21H,1H3,(H2,25,26,27,29)/t20-,21-/m1/s1. The molecule has 3 aromatic carbocycles. The largest absolute Gasteiger partial charge is 0.334 e. The Labute approximate surface area is 173 Å². The number of hydrogen-bond donors (Lipinski definition) is 2. The van der Waals surface area contributed by atoms with Gasteiger partial charge < -0.3 is 9.88 Å². The molecule has 0 saturated heterocycles. The van der Waals surface area contributed by atoms with E-state index in [1.807, 2.05) is 72.8 Å². The van der Waals surface area contributed by atoms with Gasteiger partial charge in [-0.05, 0) is 29.3 Å². The number of benzene rings is 3. The van der Waals surface area contributed by atoms with E-state index in [1.165, 1.54) is 0 Å². The van der Waals surface area contributed by atoms with Crippen molar-refractivity contribution in [2.24, 2.45) is 0 Å². The average molecular weight is 396 g/mol. The molecule has 1 aliphatic heterocycles. The van der Waals surface area contributed by atoms with Crippen LogP contribution in [0.4, 0.5) is 5.95 Å². The highest BCUT2D eigenvalue weighted by Gasteiger charge is 2.42. The zero-order valence-corrected chi connectivity index (χ0v) is 16.4. The first-order valence-electron chi connectivity index (χ1n) is 9.80. The molecule has 0 radical (unpaired) electrons. The molecule has 0 unspecified atom stereocenters. The fourth-order valence-corrected chi connectivity index (χ4v) is 4.23. The van der Waals surface area contributed by atoms with Crippen molar-refractivity contribution in [1.82, 2.24) is 14.9 Å². The Morgan fingerprint density at radius 1 is 0.967 bits per heavy atom. The molecule has 2 atom stereocenters. The van der Waals surface area contributed by atoms with Gasteiger partial charge in [0, 0.05) is 12.6 Å². The summed E-state index contributed by atoms with van der Waals surface area (Å²) < 4.78 is 0. The highest BCUT2D eigenvalue weighted by atomic mass is 16.2. The normalized spacial score (nSPS) is 18.3. The molecule has 2 heterocycles. The van der Waals surface area contributed by atoms with Gasteiger partial charge in [-0.2, -0.15) is 0 Å². The Morgan fingerprint density at radius 3 is 2.47 bits per heavy atom. The molecule has 6 nitrogen and oxygen atoms in total. The summed E-state index contributed by atoms with van der Waals surface area (Å²) in [6.07, 6.45) is 0. The van der Waals surface area contributed by atoms with Crippen molar-refractivity contribution in [3.8, 4) is 0 Å². The fourth-order valence-electron chi connectivity index (χ4n) is 4.23. The van der Waals surface area contributed by atoms with E-state index in [2.05, 4.69) is 15.3 Å². The number of hydrogen-bond acceptors (Lipinski definition) is 3. The Morgan fingerprint density at radius 2 is 1.67 bits per heavy atom. The lowest BCUT2D eigenvalue weighted by atomic mass is 9.79. The highest BCUT2D eigenvalue weighted by Crippen LogP contribution is 2.42. The van der Waals surface area contributed by atoms with E-state index in [1.54, 1.807) is 18.0 Å². The lowest BCUT2D eigenvalue weighted by molar-refractivity contribution is -0.119. The summed E-state index contributed by atoms with van der Waals surface area (Å²) in [6, 6.07) is 24.2. The summed E-state index contributed by atoms with van der Waals surface area (Å²) in [6.45, 7) is 0. The zero-order chi connectivity index (χ0) is 20.7. The molecule has 0 spiro atoms. The quantitative estimate of drug-likeness (QED) is 0.547. The molecule has 2 amide bonds. The number of carbonyl (C=O) groups is 2. The van der Waals surface area contributed by atoms with Crippen LogP contribution in [0.5, 0.6) is 0 Å². The second kappa shape index (κ2) is 7.15. The number of nitrogens with zero attached hydrogens (tertiary/aromatic N) is 2. The van der Waals surface area contributed by atoms with Crippen molar-refractivity contribution in [3.05, 3.63) is 95.6 Å². The number of aromatic nitrogens is 2. The van der Waals surface area contributed by atoms with Crippen molar-refractivity contribution in [2.75, 3.05) is 12.4 Å². The molecular weight excluding hydrogens is 376 g/mol. The SMILES string of the molecule is CN1C(=O)c2ccccc2[C@@H](C(=O)Nc2nc3ccccc3[nH]2)[C@H]1c1ccccc1.